The van der Waals surface area contributed by atoms with E-state index in [-0.39, 0.29) is 16.3 Å². The van der Waals surface area contributed by atoms with Gasteiger partial charge >= 0.3 is 0 Å². The van der Waals surface area contributed by atoms with Crippen LogP contribution in [0.15, 0.2) is 136 Å². The summed E-state index contributed by atoms with van der Waals surface area (Å²) in [7, 11) is -8.77. The van der Waals surface area contributed by atoms with Gasteiger partial charge in [0.1, 0.15) is 0 Å². The van der Waals surface area contributed by atoms with Crippen LogP contribution in [0.4, 0.5) is 0 Å². The summed E-state index contributed by atoms with van der Waals surface area (Å²) >= 11 is 1.76. The highest BCUT2D eigenvalue weighted by molar-refractivity contribution is 8.04. The number of unbranched alkanes of at least 4 members (excludes halogenated alkanes) is 1. The van der Waals surface area contributed by atoms with Crippen LogP contribution in [0.3, 0.4) is 0 Å². The fourth-order valence-corrected chi connectivity index (χ4v) is 8.48. The maximum Gasteiger partial charge on any atom is 0.256 e. The van der Waals surface area contributed by atoms with Gasteiger partial charge in [0.15, 0.2) is 0 Å². The molecule has 0 atom stereocenters. The van der Waals surface area contributed by atoms with Crippen LogP contribution in [0.5, 0.6) is 0 Å². The molecule has 0 saturated heterocycles. The van der Waals surface area contributed by atoms with E-state index in [4.69, 9.17) is 0 Å². The van der Waals surface area contributed by atoms with Crippen LogP contribution in [0, 0.1) is 6.92 Å². The van der Waals surface area contributed by atoms with Gasteiger partial charge in [-0.2, -0.15) is 0 Å². The Hall–Kier alpha value is -3.17. The molecule has 0 aromatic heterocycles. The van der Waals surface area contributed by atoms with Crippen molar-refractivity contribution in [2.45, 2.75) is 34.5 Å². The summed E-state index contributed by atoms with van der Waals surface area (Å²) in [6, 6.07) is 33.1. The molecule has 0 spiro atoms. The first kappa shape index (κ1) is 28.8. The first-order valence-electron chi connectivity index (χ1n) is 12.6. The maximum atomic E-state index is 13.8. The number of rotatable bonds is 12. The predicted octanol–water partition coefficient (Wildman–Crippen LogP) is 7.03. The van der Waals surface area contributed by atoms with E-state index in [1.54, 1.807) is 48.2 Å². The Morgan fingerprint density at radius 3 is 1.69 bits per heavy atom. The summed E-state index contributed by atoms with van der Waals surface area (Å²) in [4.78, 5) is 1.04. The molecule has 0 bridgehead atoms. The normalized spacial score (nSPS) is 12.5. The van der Waals surface area contributed by atoms with Crippen molar-refractivity contribution >= 4 is 37.4 Å². The molecule has 4 aromatic rings. The smallest absolute Gasteiger partial charge is 0.206 e. The highest BCUT2D eigenvalue weighted by Crippen LogP contribution is 2.29. The Balaban J connectivity index is 1.65. The van der Waals surface area contributed by atoms with Gasteiger partial charge in [0.2, 0.25) is 0 Å². The van der Waals surface area contributed by atoms with Gasteiger partial charge < -0.3 is 0 Å². The number of thioether (sulfide) groups is 1. The standard InChI is InChI=1S/C31H31NO4S3/c1-26-20-22-29(23-21-26)37-24-12-11-15-28(27-13-5-2-6-14-27)25-32(38(33,34)30-16-7-3-8-17-30)39(35,36)31-18-9-4-10-19-31/h2-10,13-23H,11-12,24-25H2,1H3/b28-15-. The number of aryl methyl sites for hydroxylation is 1. The van der Waals surface area contributed by atoms with Crippen LogP contribution in [-0.4, -0.2) is 32.8 Å². The second-order valence-electron chi connectivity index (χ2n) is 8.97. The highest BCUT2D eigenvalue weighted by atomic mass is 32.3. The molecule has 0 radical (unpaired) electrons. The lowest BCUT2D eigenvalue weighted by Gasteiger charge is -2.24. The summed E-state index contributed by atoms with van der Waals surface area (Å²) < 4.78 is 55.8. The van der Waals surface area contributed by atoms with Gasteiger partial charge in [-0.1, -0.05) is 94.2 Å². The molecule has 4 rings (SSSR count). The van der Waals surface area contributed by atoms with E-state index in [1.807, 2.05) is 36.4 Å². The molecule has 0 saturated carbocycles. The Morgan fingerprint density at radius 1 is 0.692 bits per heavy atom. The SMILES string of the molecule is Cc1ccc(SCCC/C=C(/CN(S(=O)(=O)c2ccccc2)S(=O)(=O)c2ccccc2)c2ccccc2)cc1. The second kappa shape index (κ2) is 13.3. The molecule has 0 heterocycles. The lowest BCUT2D eigenvalue weighted by Crippen LogP contribution is -2.38. The van der Waals surface area contributed by atoms with Crippen molar-refractivity contribution in [2.75, 3.05) is 12.3 Å². The third kappa shape index (κ3) is 7.48. The van der Waals surface area contributed by atoms with Crippen LogP contribution in [0.1, 0.15) is 24.0 Å². The number of hydrogen-bond donors (Lipinski definition) is 0. The van der Waals surface area contributed by atoms with Gasteiger partial charge in [-0.25, -0.2) is 16.8 Å². The van der Waals surface area contributed by atoms with Crippen molar-refractivity contribution in [2.24, 2.45) is 0 Å². The number of hydrogen-bond acceptors (Lipinski definition) is 5. The molecule has 0 aliphatic carbocycles. The summed E-state index contributed by atoms with van der Waals surface area (Å²) in [5.41, 5.74) is 2.63. The molecule has 0 aliphatic rings. The lowest BCUT2D eigenvalue weighted by atomic mass is 10.0. The molecule has 0 N–H and O–H groups in total. The summed E-state index contributed by atoms with van der Waals surface area (Å²) in [6.07, 6.45) is 3.48. The largest absolute Gasteiger partial charge is 0.256 e. The van der Waals surface area contributed by atoms with Crippen LogP contribution in [-0.2, 0) is 20.0 Å². The molecule has 8 heteroatoms. The minimum Gasteiger partial charge on any atom is -0.206 e. The van der Waals surface area contributed by atoms with Crippen LogP contribution in [0.25, 0.3) is 5.57 Å². The van der Waals surface area contributed by atoms with Gasteiger partial charge in [0, 0.05) is 4.90 Å². The number of benzene rings is 4. The van der Waals surface area contributed by atoms with E-state index in [9.17, 15) is 16.8 Å². The van der Waals surface area contributed by atoms with Crippen molar-refractivity contribution in [3.8, 4) is 0 Å². The van der Waals surface area contributed by atoms with Crippen LogP contribution >= 0.6 is 11.8 Å². The fourth-order valence-electron chi connectivity index (χ4n) is 3.97. The molecule has 0 unspecified atom stereocenters. The van der Waals surface area contributed by atoms with Crippen molar-refractivity contribution < 1.29 is 16.8 Å². The third-order valence-corrected chi connectivity index (χ3v) is 11.4. The van der Waals surface area contributed by atoms with Gasteiger partial charge in [-0.3, -0.25) is 0 Å². The van der Waals surface area contributed by atoms with Crippen molar-refractivity contribution in [1.29, 1.82) is 0 Å². The average molecular weight is 578 g/mol. The van der Waals surface area contributed by atoms with Crippen molar-refractivity contribution in [3.05, 3.63) is 132 Å². The highest BCUT2D eigenvalue weighted by Gasteiger charge is 2.37. The molecule has 39 heavy (non-hydrogen) atoms. The summed E-state index contributed by atoms with van der Waals surface area (Å²) in [5.74, 6) is 0.885. The zero-order valence-corrected chi connectivity index (χ0v) is 24.1. The van der Waals surface area contributed by atoms with Crippen molar-refractivity contribution in [1.82, 2.24) is 3.71 Å². The van der Waals surface area contributed by atoms with Gasteiger partial charge in [0.25, 0.3) is 20.0 Å². The number of allylic oxidation sites excluding steroid dienone is 1. The summed E-state index contributed by atoms with van der Waals surface area (Å²) in [6.45, 7) is 1.74. The van der Waals surface area contributed by atoms with E-state index in [2.05, 4.69) is 31.2 Å². The molecule has 0 aliphatic heterocycles. The minimum absolute atomic E-state index is 0.0774. The molecular weight excluding hydrogens is 547 g/mol. The molecule has 4 aromatic carbocycles. The summed E-state index contributed by atoms with van der Waals surface area (Å²) in [5, 5.41) is 0. The van der Waals surface area contributed by atoms with E-state index in [1.165, 1.54) is 34.7 Å². The zero-order valence-electron chi connectivity index (χ0n) is 21.7. The minimum atomic E-state index is -4.38. The van der Waals surface area contributed by atoms with Crippen molar-refractivity contribution in [3.63, 3.8) is 0 Å². The van der Waals surface area contributed by atoms with E-state index >= 15 is 0 Å². The van der Waals surface area contributed by atoms with Gasteiger partial charge in [-0.05, 0) is 73.1 Å². The monoisotopic (exact) mass is 577 g/mol. The first-order chi connectivity index (χ1) is 18.8. The molecule has 5 nitrogen and oxygen atoms in total. The molecular formula is C31H31NO4S3. The Labute approximate surface area is 236 Å². The molecule has 0 amide bonds. The topological polar surface area (TPSA) is 71.5 Å². The molecule has 202 valence electrons. The zero-order chi connectivity index (χ0) is 27.7. The Bertz CT molecular complexity index is 1520. The van der Waals surface area contributed by atoms with Crippen LogP contribution < -0.4 is 0 Å². The van der Waals surface area contributed by atoms with E-state index in [0.29, 0.717) is 15.7 Å². The van der Waals surface area contributed by atoms with Gasteiger partial charge in [-0.15, -0.1) is 11.8 Å². The lowest BCUT2D eigenvalue weighted by molar-refractivity contribution is 0.515. The fraction of sp³-hybridized carbons (Fsp3) is 0.161. The number of sulfonamides is 2. The first-order valence-corrected chi connectivity index (χ1v) is 16.5. The third-order valence-electron chi connectivity index (χ3n) is 6.09. The second-order valence-corrected chi connectivity index (χ2v) is 14.1. The average Bonchev–Trinajstić information content (AvgIpc) is 2.96. The predicted molar refractivity (Wildman–Crippen MR) is 160 cm³/mol. The van der Waals surface area contributed by atoms with E-state index in [0.717, 1.165) is 17.7 Å². The maximum absolute atomic E-state index is 13.8. The molecule has 0 fully saturated rings. The number of nitrogens with zero attached hydrogens (tertiary/aromatic N) is 1. The Kier molecular flexibility index (Phi) is 9.80. The quantitative estimate of drug-likeness (QED) is 0.134. The Morgan fingerprint density at radius 2 is 1.18 bits per heavy atom. The van der Waals surface area contributed by atoms with Crippen LogP contribution in [0.2, 0.25) is 0 Å². The van der Waals surface area contributed by atoms with E-state index < -0.39 is 20.0 Å². The van der Waals surface area contributed by atoms with Gasteiger partial charge in [0.05, 0.1) is 16.3 Å².